The summed E-state index contributed by atoms with van der Waals surface area (Å²) >= 11 is 0. The van der Waals surface area contributed by atoms with Crippen LogP contribution in [0.15, 0.2) is 71.1 Å². The summed E-state index contributed by atoms with van der Waals surface area (Å²) in [6, 6.07) is 17.1. The quantitative estimate of drug-likeness (QED) is 0.314. The molecule has 0 saturated heterocycles. The second-order valence-corrected chi connectivity index (χ2v) is 7.77. The van der Waals surface area contributed by atoms with E-state index in [1.807, 2.05) is 34.2 Å². The van der Waals surface area contributed by atoms with Crippen LogP contribution in [0.4, 0.5) is 11.4 Å². The molecule has 174 valence electrons. The lowest BCUT2D eigenvalue weighted by Crippen LogP contribution is -2.31. The van der Waals surface area contributed by atoms with Crippen molar-refractivity contribution >= 4 is 23.8 Å². The van der Waals surface area contributed by atoms with Crippen molar-refractivity contribution in [3.63, 3.8) is 0 Å². The molecule has 0 atom stereocenters. The maximum Gasteiger partial charge on any atom is 0.307 e. The van der Waals surface area contributed by atoms with E-state index in [0.29, 0.717) is 0 Å². The Labute approximate surface area is 198 Å². The SMILES string of the molecule is CCc1n(N=Cc2ccc(N(CC)CC)cc2)cc[n+]1N=Cc1ccc(N(CC)CC)cc1. The predicted molar refractivity (Wildman–Crippen MR) is 140 cm³/mol. The lowest BCUT2D eigenvalue weighted by Gasteiger charge is -2.20. The molecule has 2 aromatic carbocycles. The Morgan fingerprint density at radius 2 is 1.21 bits per heavy atom. The second kappa shape index (κ2) is 12.0. The molecule has 1 aromatic heterocycles. The van der Waals surface area contributed by atoms with Crippen LogP contribution in [0.2, 0.25) is 0 Å². The summed E-state index contributed by atoms with van der Waals surface area (Å²) in [6.07, 6.45) is 8.50. The largest absolute Gasteiger partial charge is 0.372 e. The summed E-state index contributed by atoms with van der Waals surface area (Å²) in [5.74, 6) is 1.02. The summed E-state index contributed by atoms with van der Waals surface area (Å²) in [6.45, 7) is 14.9. The Morgan fingerprint density at radius 1 is 0.727 bits per heavy atom. The number of hydrogen-bond donors (Lipinski definition) is 0. The van der Waals surface area contributed by atoms with E-state index >= 15 is 0 Å². The monoisotopic (exact) mass is 445 g/mol. The normalized spacial score (nSPS) is 11.5. The van der Waals surface area contributed by atoms with Crippen LogP contribution in [0.25, 0.3) is 0 Å². The smallest absolute Gasteiger partial charge is 0.307 e. The highest BCUT2D eigenvalue weighted by molar-refractivity contribution is 5.80. The highest BCUT2D eigenvalue weighted by Crippen LogP contribution is 2.15. The van der Waals surface area contributed by atoms with Crippen molar-refractivity contribution in [2.75, 3.05) is 36.0 Å². The van der Waals surface area contributed by atoms with E-state index in [-0.39, 0.29) is 0 Å². The number of benzene rings is 2. The minimum atomic E-state index is 0.823. The molecule has 3 aromatic rings. The first-order valence-corrected chi connectivity index (χ1v) is 12.0. The van der Waals surface area contributed by atoms with E-state index in [2.05, 4.69) is 103 Å². The fourth-order valence-corrected chi connectivity index (χ4v) is 3.92. The Hall–Kier alpha value is -3.41. The summed E-state index contributed by atoms with van der Waals surface area (Å²) in [5, 5.41) is 9.33. The molecule has 3 rings (SSSR count). The number of anilines is 2. The molecule has 0 saturated carbocycles. The van der Waals surface area contributed by atoms with Crippen LogP contribution in [-0.2, 0) is 6.42 Å². The van der Waals surface area contributed by atoms with Gasteiger partial charge >= 0.3 is 5.82 Å². The average Bonchev–Trinajstić information content (AvgIpc) is 3.26. The number of aromatic nitrogens is 2. The molecule has 0 unspecified atom stereocenters. The summed E-state index contributed by atoms with van der Waals surface area (Å²) < 4.78 is 3.78. The lowest BCUT2D eigenvalue weighted by molar-refractivity contribution is -0.685. The molecule has 0 amide bonds. The van der Waals surface area contributed by atoms with E-state index in [9.17, 15) is 0 Å². The van der Waals surface area contributed by atoms with Crippen LogP contribution in [0.5, 0.6) is 0 Å². The van der Waals surface area contributed by atoms with Gasteiger partial charge in [0.2, 0.25) is 0 Å². The summed E-state index contributed by atoms with van der Waals surface area (Å²) in [4.78, 5) is 4.67. The van der Waals surface area contributed by atoms with Crippen LogP contribution in [0, 0.1) is 0 Å². The lowest BCUT2D eigenvalue weighted by atomic mass is 10.2. The highest BCUT2D eigenvalue weighted by atomic mass is 15.5. The van der Waals surface area contributed by atoms with Crippen LogP contribution in [-0.4, -0.2) is 43.3 Å². The van der Waals surface area contributed by atoms with E-state index < -0.39 is 0 Å². The van der Waals surface area contributed by atoms with Crippen LogP contribution in [0.1, 0.15) is 51.6 Å². The number of hydrogen-bond acceptors (Lipinski definition) is 4. The Kier molecular flexibility index (Phi) is 8.81. The van der Waals surface area contributed by atoms with Gasteiger partial charge in [0, 0.05) is 37.6 Å². The second-order valence-electron chi connectivity index (χ2n) is 7.77. The minimum absolute atomic E-state index is 0.823. The van der Waals surface area contributed by atoms with Crippen molar-refractivity contribution in [3.8, 4) is 0 Å². The van der Waals surface area contributed by atoms with Crippen LogP contribution < -0.4 is 14.5 Å². The van der Waals surface area contributed by atoms with Crippen LogP contribution >= 0.6 is 0 Å². The third-order valence-corrected chi connectivity index (χ3v) is 5.90. The molecule has 6 nitrogen and oxygen atoms in total. The molecule has 1 heterocycles. The van der Waals surface area contributed by atoms with Crippen LogP contribution in [0.3, 0.4) is 0 Å². The van der Waals surface area contributed by atoms with Gasteiger partial charge in [-0.1, -0.05) is 41.4 Å². The highest BCUT2D eigenvalue weighted by Gasteiger charge is 2.14. The van der Waals surface area contributed by atoms with Gasteiger partial charge in [-0.2, -0.15) is 0 Å². The minimum Gasteiger partial charge on any atom is -0.372 e. The van der Waals surface area contributed by atoms with Crippen molar-refractivity contribution < 1.29 is 4.68 Å². The average molecular weight is 446 g/mol. The van der Waals surface area contributed by atoms with Crippen molar-refractivity contribution in [2.24, 2.45) is 10.2 Å². The van der Waals surface area contributed by atoms with E-state index in [0.717, 1.165) is 49.6 Å². The van der Waals surface area contributed by atoms with Crippen molar-refractivity contribution in [1.82, 2.24) is 4.68 Å². The topological polar surface area (TPSA) is 40.0 Å². The van der Waals surface area contributed by atoms with Gasteiger partial charge in [0.1, 0.15) is 0 Å². The zero-order valence-corrected chi connectivity index (χ0v) is 20.6. The van der Waals surface area contributed by atoms with Gasteiger partial charge in [-0.15, -0.1) is 9.35 Å². The first kappa shape index (κ1) is 24.2. The third kappa shape index (κ3) is 6.09. The number of nitrogens with zero attached hydrogens (tertiary/aromatic N) is 6. The van der Waals surface area contributed by atoms with Gasteiger partial charge in [0.25, 0.3) is 0 Å². The van der Waals surface area contributed by atoms with Crippen molar-refractivity contribution in [1.29, 1.82) is 0 Å². The molecular weight excluding hydrogens is 408 g/mol. The van der Waals surface area contributed by atoms with Gasteiger partial charge in [-0.25, -0.2) is 0 Å². The zero-order chi connectivity index (χ0) is 23.6. The third-order valence-electron chi connectivity index (χ3n) is 5.90. The standard InChI is InChI=1S/C27H37N6/c1-6-27-32(28-21-23-11-15-25(16-12-23)30(7-2)8-3)19-20-33(27)29-22-24-13-17-26(18-14-24)31(9-4)10-5/h11-22H,6-10H2,1-5H3/q+1. The maximum atomic E-state index is 4.67. The van der Waals surface area contributed by atoms with E-state index in [1.165, 1.54) is 11.4 Å². The summed E-state index contributed by atoms with van der Waals surface area (Å²) in [5.41, 5.74) is 4.63. The number of imidazole rings is 1. The zero-order valence-electron chi connectivity index (χ0n) is 20.6. The Bertz CT molecular complexity index is 956. The number of rotatable bonds is 11. The van der Waals surface area contributed by atoms with E-state index in [1.54, 1.807) is 0 Å². The first-order chi connectivity index (χ1) is 16.1. The molecular formula is C27H37N6+. The van der Waals surface area contributed by atoms with Crippen molar-refractivity contribution in [2.45, 2.75) is 41.0 Å². The van der Waals surface area contributed by atoms with E-state index in [4.69, 9.17) is 0 Å². The molecule has 0 aliphatic carbocycles. The molecule has 0 aliphatic heterocycles. The Morgan fingerprint density at radius 3 is 1.67 bits per heavy atom. The van der Waals surface area contributed by atoms with Gasteiger partial charge in [0.15, 0.2) is 12.4 Å². The fraction of sp³-hybridized carbons (Fsp3) is 0.370. The molecule has 0 fully saturated rings. The van der Waals surface area contributed by atoms with Gasteiger partial charge in [-0.3, -0.25) is 0 Å². The van der Waals surface area contributed by atoms with Gasteiger partial charge in [-0.05, 0) is 63.1 Å². The molecule has 0 bridgehead atoms. The fourth-order valence-electron chi connectivity index (χ4n) is 3.92. The van der Waals surface area contributed by atoms with Gasteiger partial charge in [0.05, 0.1) is 18.9 Å². The summed E-state index contributed by atoms with van der Waals surface area (Å²) in [7, 11) is 0. The molecule has 0 spiro atoms. The molecule has 0 aliphatic rings. The molecule has 6 heteroatoms. The Balaban J connectivity index is 1.72. The molecule has 33 heavy (non-hydrogen) atoms. The van der Waals surface area contributed by atoms with Crippen molar-refractivity contribution in [3.05, 3.63) is 77.9 Å². The van der Waals surface area contributed by atoms with Gasteiger partial charge < -0.3 is 9.80 Å². The predicted octanol–water partition coefficient (Wildman–Crippen LogP) is 4.79. The maximum absolute atomic E-state index is 4.67. The molecule has 0 radical (unpaired) electrons. The first-order valence-electron chi connectivity index (χ1n) is 12.0. The molecule has 0 N–H and O–H groups in total.